The van der Waals surface area contributed by atoms with Crippen molar-refractivity contribution in [3.63, 3.8) is 0 Å². The summed E-state index contributed by atoms with van der Waals surface area (Å²) in [6.07, 6.45) is 0. The Morgan fingerprint density at radius 3 is 2.56 bits per heavy atom. The number of nitrogens with one attached hydrogen (secondary N) is 1. The van der Waals surface area contributed by atoms with Crippen LogP contribution < -0.4 is 15.9 Å². The van der Waals surface area contributed by atoms with Crippen molar-refractivity contribution in [1.29, 1.82) is 0 Å². The third-order valence-corrected chi connectivity index (χ3v) is 4.76. The number of rotatable bonds is 6. The summed E-state index contributed by atoms with van der Waals surface area (Å²) in [5.74, 6) is 0.359. The van der Waals surface area contributed by atoms with E-state index in [1.165, 1.54) is 9.36 Å². The van der Waals surface area contributed by atoms with Crippen LogP contribution >= 0.6 is 35.4 Å². The molecule has 10 heteroatoms. The molecule has 0 aliphatic rings. The highest BCUT2D eigenvalue weighted by Gasteiger charge is 2.18. The first-order chi connectivity index (χ1) is 12.9. The molecule has 0 amide bonds. The Balaban J connectivity index is 1.90. The minimum Gasteiger partial charge on any atom is -0.495 e. The predicted octanol–water partition coefficient (Wildman–Crippen LogP) is 4.07. The molecule has 27 heavy (non-hydrogen) atoms. The number of anilines is 2. The van der Waals surface area contributed by atoms with Crippen LogP contribution in [-0.2, 0) is 6.54 Å². The van der Waals surface area contributed by atoms with Crippen LogP contribution in [0.25, 0.3) is 0 Å². The van der Waals surface area contributed by atoms with Crippen molar-refractivity contribution in [3.8, 4) is 5.75 Å². The molecule has 0 unspecified atom stereocenters. The van der Waals surface area contributed by atoms with Gasteiger partial charge < -0.3 is 10.5 Å². The lowest BCUT2D eigenvalue weighted by Crippen LogP contribution is -2.15. The topological polar surface area (TPSA) is 87.1 Å². The van der Waals surface area contributed by atoms with Gasteiger partial charge in [0.25, 0.3) is 0 Å². The summed E-state index contributed by atoms with van der Waals surface area (Å²) in [5, 5.41) is 4.65. The molecule has 0 bridgehead atoms. The summed E-state index contributed by atoms with van der Waals surface area (Å²) in [6.45, 7) is -0.160. The van der Waals surface area contributed by atoms with Crippen LogP contribution in [0.1, 0.15) is 10.4 Å². The van der Waals surface area contributed by atoms with E-state index in [1.54, 1.807) is 37.4 Å². The van der Waals surface area contributed by atoms with Crippen molar-refractivity contribution in [2.24, 2.45) is 0 Å². The Labute approximate surface area is 170 Å². The maximum absolute atomic E-state index is 12.6. The number of aromatic nitrogens is 3. The average Bonchev–Trinajstić information content (AvgIpc) is 2.89. The number of benzene rings is 2. The molecule has 7 nitrogen and oxygen atoms in total. The van der Waals surface area contributed by atoms with Gasteiger partial charge in [0, 0.05) is 0 Å². The second kappa shape index (κ2) is 7.99. The molecule has 1 aromatic heterocycles. The van der Waals surface area contributed by atoms with Crippen molar-refractivity contribution in [3.05, 3.63) is 62.8 Å². The van der Waals surface area contributed by atoms with E-state index in [0.717, 1.165) is 0 Å². The first-order valence-electron chi connectivity index (χ1n) is 7.75. The Morgan fingerprint density at radius 1 is 1.22 bits per heavy atom. The maximum Gasteiger partial charge on any atom is 0.240 e. The van der Waals surface area contributed by atoms with Gasteiger partial charge in [0.2, 0.25) is 10.7 Å². The van der Waals surface area contributed by atoms with E-state index >= 15 is 0 Å². The van der Waals surface area contributed by atoms with Crippen LogP contribution in [0.4, 0.5) is 11.6 Å². The number of hydrogen-bond acceptors (Lipinski definition) is 6. The van der Waals surface area contributed by atoms with E-state index in [-0.39, 0.29) is 38.7 Å². The van der Waals surface area contributed by atoms with Crippen LogP contribution in [-0.4, -0.2) is 27.3 Å². The zero-order chi connectivity index (χ0) is 19.6. The zero-order valence-electron chi connectivity index (χ0n) is 14.1. The van der Waals surface area contributed by atoms with Crippen LogP contribution in [0.15, 0.2) is 42.5 Å². The van der Waals surface area contributed by atoms with Gasteiger partial charge in [0.05, 0.1) is 28.4 Å². The van der Waals surface area contributed by atoms with Crippen molar-refractivity contribution in [1.82, 2.24) is 14.5 Å². The lowest BCUT2D eigenvalue weighted by molar-refractivity contribution is 0.0967. The predicted molar refractivity (Wildman–Crippen MR) is 108 cm³/mol. The quantitative estimate of drug-likeness (QED) is 0.458. The van der Waals surface area contributed by atoms with Crippen molar-refractivity contribution < 1.29 is 9.53 Å². The molecule has 0 aliphatic heterocycles. The number of para-hydroxylation sites is 2. The molecule has 0 spiro atoms. The number of halogens is 2. The summed E-state index contributed by atoms with van der Waals surface area (Å²) < 4.78 is 8.18. The molecule has 3 aromatic rings. The van der Waals surface area contributed by atoms with E-state index < -0.39 is 0 Å². The molecule has 2 aromatic carbocycles. The second-order valence-electron chi connectivity index (χ2n) is 5.47. The van der Waals surface area contributed by atoms with E-state index in [4.69, 9.17) is 45.9 Å². The molecule has 0 fully saturated rings. The van der Waals surface area contributed by atoms with Crippen LogP contribution in [0.3, 0.4) is 0 Å². The smallest absolute Gasteiger partial charge is 0.240 e. The van der Waals surface area contributed by atoms with Gasteiger partial charge in [-0.15, -0.1) is 5.10 Å². The van der Waals surface area contributed by atoms with Gasteiger partial charge in [0.15, 0.2) is 5.78 Å². The van der Waals surface area contributed by atoms with Gasteiger partial charge in [-0.05, 0) is 36.5 Å². The van der Waals surface area contributed by atoms with Crippen LogP contribution in [0.2, 0.25) is 10.0 Å². The Morgan fingerprint density at radius 2 is 1.89 bits per heavy atom. The standard InChI is InChI=1S/C17H15Cl2N5O2S/c1-26-14-8-3-2-7-12(14)21-24-16(20)22-23(17(24)27)9-13(25)15-10(18)5-4-6-11(15)19/h2-8,21H,9H2,1H3,(H2,20,22). The summed E-state index contributed by atoms with van der Waals surface area (Å²) in [7, 11) is 1.55. The molecular weight excluding hydrogens is 409 g/mol. The van der Waals surface area contributed by atoms with E-state index in [0.29, 0.717) is 11.4 Å². The number of nitrogens with two attached hydrogens (primary N) is 1. The highest BCUT2D eigenvalue weighted by molar-refractivity contribution is 7.71. The van der Waals surface area contributed by atoms with Gasteiger partial charge >= 0.3 is 0 Å². The zero-order valence-corrected chi connectivity index (χ0v) is 16.5. The number of hydrogen-bond donors (Lipinski definition) is 2. The van der Waals surface area contributed by atoms with Gasteiger partial charge in [-0.2, -0.15) is 4.68 Å². The summed E-state index contributed by atoms with van der Waals surface area (Å²) in [5.41, 5.74) is 9.84. The third kappa shape index (κ3) is 3.92. The fraction of sp³-hybridized carbons (Fsp3) is 0.118. The number of nitrogen functional groups attached to an aromatic ring is 1. The number of Topliss-reactive ketones (excluding diaryl/α,β-unsaturated/α-hetero) is 1. The molecule has 3 rings (SSSR count). The van der Waals surface area contributed by atoms with E-state index in [9.17, 15) is 4.79 Å². The molecule has 140 valence electrons. The molecule has 1 heterocycles. The number of nitrogens with zero attached hydrogens (tertiary/aromatic N) is 3. The second-order valence-corrected chi connectivity index (χ2v) is 6.65. The number of ether oxygens (including phenoxy) is 1. The van der Waals surface area contributed by atoms with Crippen LogP contribution in [0.5, 0.6) is 5.75 Å². The molecule has 0 saturated carbocycles. The Hall–Kier alpha value is -2.55. The van der Waals surface area contributed by atoms with E-state index in [2.05, 4.69) is 10.5 Å². The highest BCUT2D eigenvalue weighted by Crippen LogP contribution is 2.26. The van der Waals surface area contributed by atoms with E-state index in [1.807, 2.05) is 12.1 Å². The normalized spacial score (nSPS) is 10.6. The van der Waals surface area contributed by atoms with Crippen molar-refractivity contribution in [2.45, 2.75) is 6.54 Å². The largest absolute Gasteiger partial charge is 0.495 e. The number of methoxy groups -OCH3 is 1. The van der Waals surface area contributed by atoms with Gasteiger partial charge in [-0.1, -0.05) is 41.4 Å². The maximum atomic E-state index is 12.6. The average molecular weight is 424 g/mol. The molecule has 3 N–H and O–H groups in total. The summed E-state index contributed by atoms with van der Waals surface area (Å²) >= 11 is 17.6. The fourth-order valence-electron chi connectivity index (χ4n) is 2.47. The Bertz CT molecular complexity index is 1040. The molecule has 0 aliphatic carbocycles. The summed E-state index contributed by atoms with van der Waals surface area (Å²) in [4.78, 5) is 12.6. The minimum absolute atomic E-state index is 0.0870. The molecular formula is C17H15Cl2N5O2S. The van der Waals surface area contributed by atoms with Gasteiger partial charge in [0.1, 0.15) is 12.3 Å². The Kier molecular flexibility index (Phi) is 5.69. The van der Waals surface area contributed by atoms with Crippen molar-refractivity contribution in [2.75, 3.05) is 18.3 Å². The number of ketones is 1. The first kappa shape index (κ1) is 19.2. The fourth-order valence-corrected chi connectivity index (χ4v) is 3.32. The van der Waals surface area contributed by atoms with Gasteiger partial charge in [-0.3, -0.25) is 10.2 Å². The molecule has 0 radical (unpaired) electrons. The minimum atomic E-state index is -0.330. The highest BCUT2D eigenvalue weighted by atomic mass is 35.5. The van der Waals surface area contributed by atoms with Gasteiger partial charge in [-0.25, -0.2) is 4.68 Å². The lowest BCUT2D eigenvalue weighted by atomic mass is 10.1. The van der Waals surface area contributed by atoms with Crippen LogP contribution in [0, 0.1) is 4.77 Å². The summed E-state index contributed by atoms with van der Waals surface area (Å²) in [6, 6.07) is 12.1. The number of carbonyl (C=O) groups excluding carboxylic acids is 1. The number of carbonyl (C=O) groups is 1. The SMILES string of the molecule is COc1ccccc1Nn1c(N)nn(CC(=O)c2c(Cl)cccc2Cl)c1=S. The monoisotopic (exact) mass is 423 g/mol. The lowest BCUT2D eigenvalue weighted by Gasteiger charge is -2.11. The van der Waals surface area contributed by atoms with Crippen molar-refractivity contribution >= 4 is 52.8 Å². The first-order valence-corrected chi connectivity index (χ1v) is 8.91. The third-order valence-electron chi connectivity index (χ3n) is 3.74. The molecule has 0 saturated heterocycles. The molecule has 0 atom stereocenters.